The zero-order chi connectivity index (χ0) is 24.7. The van der Waals surface area contributed by atoms with Crippen LogP contribution in [0.4, 0.5) is 0 Å². The van der Waals surface area contributed by atoms with Gasteiger partial charge in [-0.05, 0) is 42.0 Å². The van der Waals surface area contributed by atoms with Gasteiger partial charge in [0.2, 0.25) is 15.9 Å². The molecule has 182 valence electrons. The van der Waals surface area contributed by atoms with Gasteiger partial charge in [0, 0.05) is 38.3 Å². The molecule has 2 aromatic rings. The molecule has 1 atom stereocenters. The lowest BCUT2D eigenvalue weighted by Crippen LogP contribution is -2.51. The van der Waals surface area contributed by atoms with Crippen LogP contribution in [0.1, 0.15) is 31.4 Å². The maximum atomic E-state index is 12.5. The normalized spacial score (nSPS) is 16.2. The van der Waals surface area contributed by atoms with Gasteiger partial charge in [-0.25, -0.2) is 8.42 Å². The van der Waals surface area contributed by atoms with Crippen LogP contribution in [-0.4, -0.2) is 74.5 Å². The van der Waals surface area contributed by atoms with Gasteiger partial charge < -0.3 is 10.6 Å². The van der Waals surface area contributed by atoms with Gasteiger partial charge in [-0.15, -0.1) is 6.42 Å². The number of carbonyl (C=O) groups is 2. The van der Waals surface area contributed by atoms with Gasteiger partial charge in [0.15, 0.2) is 0 Å². The number of likely N-dealkylation sites (tertiary alicyclic amines) is 1. The third-order valence-corrected chi connectivity index (χ3v) is 7.60. The lowest BCUT2D eigenvalue weighted by molar-refractivity contribution is -0.122. The first-order chi connectivity index (χ1) is 16.2. The third-order valence-electron chi connectivity index (χ3n) is 6.32. The molecule has 0 unspecified atom stereocenters. The van der Waals surface area contributed by atoms with E-state index in [1.54, 1.807) is 0 Å². The number of fused-ring (bicyclic) bond motifs is 1. The van der Waals surface area contributed by atoms with Gasteiger partial charge >= 0.3 is 0 Å². The number of hydrogen-bond acceptors (Lipinski definition) is 5. The number of hydrogen-bond donors (Lipinski definition) is 2. The first-order valence-corrected chi connectivity index (χ1v) is 13.2. The summed E-state index contributed by atoms with van der Waals surface area (Å²) >= 11 is 0. The molecular weight excluding hydrogens is 452 g/mol. The van der Waals surface area contributed by atoms with Crippen LogP contribution < -0.4 is 10.6 Å². The fraction of sp³-hybridized carbons (Fsp3) is 0.440. The van der Waals surface area contributed by atoms with Crippen molar-refractivity contribution in [3.8, 4) is 12.3 Å². The number of piperidine rings is 1. The van der Waals surface area contributed by atoms with Crippen molar-refractivity contribution in [3.63, 3.8) is 0 Å². The quantitative estimate of drug-likeness (QED) is 0.415. The Labute approximate surface area is 201 Å². The summed E-state index contributed by atoms with van der Waals surface area (Å²) in [5.41, 5.74) is 1.26. The summed E-state index contributed by atoms with van der Waals surface area (Å²) in [5.74, 6) is 0.955. The van der Waals surface area contributed by atoms with Crippen molar-refractivity contribution in [2.45, 2.75) is 31.8 Å². The average Bonchev–Trinajstić information content (AvgIpc) is 2.83. The van der Waals surface area contributed by atoms with Crippen LogP contribution in [0, 0.1) is 12.3 Å². The molecule has 1 aliphatic rings. The molecule has 8 nitrogen and oxygen atoms in total. The van der Waals surface area contributed by atoms with E-state index >= 15 is 0 Å². The van der Waals surface area contributed by atoms with Crippen molar-refractivity contribution >= 4 is 32.6 Å². The van der Waals surface area contributed by atoms with Crippen molar-refractivity contribution in [2.75, 3.05) is 39.0 Å². The number of sulfonamides is 1. The monoisotopic (exact) mass is 484 g/mol. The summed E-state index contributed by atoms with van der Waals surface area (Å²) in [6.07, 6.45) is 7.40. The Morgan fingerprint density at radius 3 is 2.44 bits per heavy atom. The molecule has 1 heterocycles. The number of rotatable bonds is 9. The molecule has 0 spiro atoms. The van der Waals surface area contributed by atoms with Crippen LogP contribution in [0.3, 0.4) is 0 Å². The predicted octanol–water partition coefficient (Wildman–Crippen LogP) is 1.49. The molecule has 9 heteroatoms. The van der Waals surface area contributed by atoms with Crippen molar-refractivity contribution in [3.05, 3.63) is 48.0 Å². The van der Waals surface area contributed by atoms with Crippen LogP contribution >= 0.6 is 0 Å². The van der Waals surface area contributed by atoms with E-state index in [9.17, 15) is 18.0 Å². The Morgan fingerprint density at radius 2 is 1.76 bits per heavy atom. The summed E-state index contributed by atoms with van der Waals surface area (Å²) in [6.45, 7) is 3.76. The van der Waals surface area contributed by atoms with Gasteiger partial charge in [-0.3, -0.25) is 14.5 Å². The maximum Gasteiger partial charge on any atom is 0.295 e. The average molecular weight is 485 g/mol. The lowest BCUT2D eigenvalue weighted by Gasteiger charge is -2.39. The zero-order valence-electron chi connectivity index (χ0n) is 19.7. The molecule has 1 fully saturated rings. The van der Waals surface area contributed by atoms with E-state index < -0.39 is 21.8 Å². The molecule has 0 bridgehead atoms. The van der Waals surface area contributed by atoms with E-state index in [0.29, 0.717) is 12.8 Å². The molecule has 1 saturated heterocycles. The second-order valence-corrected chi connectivity index (χ2v) is 10.5. The van der Waals surface area contributed by atoms with Gasteiger partial charge in [0.1, 0.15) is 0 Å². The minimum atomic E-state index is -3.57. The third kappa shape index (κ3) is 6.56. The largest absolute Gasteiger partial charge is 0.353 e. The molecule has 0 radical (unpaired) electrons. The Kier molecular flexibility index (Phi) is 8.67. The number of nitrogens with zero attached hydrogens (tertiary/aromatic N) is 2. The van der Waals surface area contributed by atoms with Crippen molar-refractivity contribution in [1.29, 1.82) is 0 Å². The maximum absolute atomic E-state index is 12.5. The van der Waals surface area contributed by atoms with E-state index in [1.165, 1.54) is 20.6 Å². The van der Waals surface area contributed by atoms with Crippen molar-refractivity contribution in [2.24, 2.45) is 0 Å². The lowest BCUT2D eigenvalue weighted by atomic mass is 9.96. The van der Waals surface area contributed by atoms with E-state index in [0.717, 1.165) is 19.3 Å². The van der Waals surface area contributed by atoms with E-state index in [2.05, 4.69) is 52.8 Å². The fourth-order valence-corrected chi connectivity index (χ4v) is 5.62. The van der Waals surface area contributed by atoms with Crippen LogP contribution in [0.2, 0.25) is 0 Å². The molecule has 0 saturated carbocycles. The number of carbonyl (C=O) groups excluding carboxylic acids is 2. The Balaban J connectivity index is 1.59. The topological polar surface area (TPSA) is 98.8 Å². The SMILES string of the molecule is C#CC(=O)NCCNC(=O)CN(C1CCN([C@H](C)c2cccc3ccccc23)CC1)S(C)(=O)=O. The summed E-state index contributed by atoms with van der Waals surface area (Å²) < 4.78 is 26.2. The summed E-state index contributed by atoms with van der Waals surface area (Å²) in [4.78, 5) is 25.8. The predicted molar refractivity (Wildman–Crippen MR) is 133 cm³/mol. The number of terminal acetylenes is 1. The molecule has 3 rings (SSSR count). The molecule has 2 N–H and O–H groups in total. The Hall–Kier alpha value is -2.93. The molecule has 34 heavy (non-hydrogen) atoms. The van der Waals surface area contributed by atoms with Gasteiger partial charge in [-0.2, -0.15) is 4.31 Å². The Morgan fingerprint density at radius 1 is 1.12 bits per heavy atom. The van der Waals surface area contributed by atoms with E-state index in [1.807, 2.05) is 18.1 Å². The number of nitrogens with one attached hydrogen (secondary N) is 2. The van der Waals surface area contributed by atoms with Gasteiger partial charge in [-0.1, -0.05) is 42.5 Å². The summed E-state index contributed by atoms with van der Waals surface area (Å²) in [5, 5.41) is 7.51. The smallest absolute Gasteiger partial charge is 0.295 e. The second kappa shape index (κ2) is 11.5. The van der Waals surface area contributed by atoms with Crippen LogP contribution in [0.5, 0.6) is 0 Å². The zero-order valence-corrected chi connectivity index (χ0v) is 20.5. The first-order valence-electron chi connectivity index (χ1n) is 11.4. The van der Waals surface area contributed by atoms with Crippen LogP contribution in [0.15, 0.2) is 42.5 Å². The number of benzene rings is 2. The van der Waals surface area contributed by atoms with Crippen LogP contribution in [-0.2, 0) is 19.6 Å². The highest BCUT2D eigenvalue weighted by Gasteiger charge is 2.33. The summed E-state index contributed by atoms with van der Waals surface area (Å²) in [7, 11) is -3.57. The fourth-order valence-electron chi connectivity index (χ4n) is 4.52. The molecule has 2 amide bonds. The van der Waals surface area contributed by atoms with Gasteiger partial charge in [0.05, 0.1) is 12.8 Å². The number of amides is 2. The Bertz CT molecular complexity index is 1160. The van der Waals surface area contributed by atoms with Crippen molar-refractivity contribution in [1.82, 2.24) is 19.8 Å². The molecule has 1 aliphatic heterocycles. The molecule has 2 aromatic carbocycles. The highest BCUT2D eigenvalue weighted by Crippen LogP contribution is 2.31. The van der Waals surface area contributed by atoms with E-state index in [-0.39, 0.29) is 31.7 Å². The molecule has 0 aliphatic carbocycles. The minimum absolute atomic E-state index is 0.171. The van der Waals surface area contributed by atoms with Crippen molar-refractivity contribution < 1.29 is 18.0 Å². The highest BCUT2D eigenvalue weighted by atomic mass is 32.2. The van der Waals surface area contributed by atoms with Crippen LogP contribution in [0.25, 0.3) is 10.8 Å². The minimum Gasteiger partial charge on any atom is -0.353 e. The summed E-state index contributed by atoms with van der Waals surface area (Å²) in [6, 6.07) is 14.6. The molecular formula is C25H32N4O4S. The standard InChI is InChI=1S/C25H32N4O4S/c1-4-24(30)26-14-15-27-25(31)18-29(34(3,32)33)21-12-16-28(17-13-21)19(2)22-11-7-9-20-8-5-6-10-23(20)22/h1,5-11,19,21H,12-18H2,2-3H3,(H,26,30)(H,27,31)/t19-/m1/s1. The second-order valence-electron chi connectivity index (χ2n) is 8.57. The van der Waals surface area contributed by atoms with Gasteiger partial charge in [0.25, 0.3) is 5.91 Å². The highest BCUT2D eigenvalue weighted by molar-refractivity contribution is 7.88. The first kappa shape index (κ1) is 25.7. The molecule has 0 aromatic heterocycles. The van der Waals surface area contributed by atoms with E-state index in [4.69, 9.17) is 6.42 Å².